The van der Waals surface area contributed by atoms with Crippen LogP contribution in [0.5, 0.6) is 0 Å². The summed E-state index contributed by atoms with van der Waals surface area (Å²) in [4.78, 5) is 0. The molecule has 2 nitrogen and oxygen atoms in total. The van der Waals surface area contributed by atoms with Crippen LogP contribution < -0.4 is 0 Å². The Morgan fingerprint density at radius 3 is 1.23 bits per heavy atom. The second-order valence-corrected chi connectivity index (χ2v) is 17.0. The van der Waals surface area contributed by atoms with Gasteiger partial charge >= 0.3 is 0 Å². The fourth-order valence-corrected chi connectivity index (χ4v) is 10.5. The van der Waals surface area contributed by atoms with Crippen molar-refractivity contribution in [2.75, 3.05) is 0 Å². The van der Waals surface area contributed by atoms with Crippen molar-refractivity contribution in [2.24, 2.45) is 0 Å². The maximum absolute atomic E-state index is 2.51. The SMILES string of the molecule is CC1(C)c2ccccc2-c2cc3c(cc21)c1ccccc1n3-c1cc(-c2ccccc2)cc(-n2c3ccccc3c3cc4c(cc32)-c2ccccc2C4(C)C)c1. The van der Waals surface area contributed by atoms with Crippen molar-refractivity contribution in [3.05, 3.63) is 192 Å². The van der Waals surface area contributed by atoms with E-state index in [4.69, 9.17) is 0 Å². The average molecular weight is 717 g/mol. The van der Waals surface area contributed by atoms with E-state index < -0.39 is 0 Å². The summed E-state index contributed by atoms with van der Waals surface area (Å²) in [5, 5.41) is 5.14. The molecule has 2 heterocycles. The molecule has 8 aromatic carbocycles. The Labute approximate surface area is 326 Å². The number of hydrogen-bond acceptors (Lipinski definition) is 0. The number of para-hydroxylation sites is 2. The van der Waals surface area contributed by atoms with E-state index in [0.717, 1.165) is 11.4 Å². The Morgan fingerprint density at radius 2 is 0.732 bits per heavy atom. The lowest BCUT2D eigenvalue weighted by Crippen LogP contribution is -2.14. The van der Waals surface area contributed by atoms with E-state index in [0.29, 0.717) is 0 Å². The first kappa shape index (κ1) is 31.7. The van der Waals surface area contributed by atoms with Crippen LogP contribution in [0.4, 0.5) is 0 Å². The summed E-state index contributed by atoms with van der Waals surface area (Å²) >= 11 is 0. The van der Waals surface area contributed by atoms with E-state index in [9.17, 15) is 0 Å². The molecular weight excluding hydrogens is 677 g/mol. The van der Waals surface area contributed by atoms with Crippen molar-refractivity contribution in [2.45, 2.75) is 38.5 Å². The molecule has 0 bridgehead atoms. The molecule has 10 aromatic rings. The van der Waals surface area contributed by atoms with Crippen LogP contribution in [0, 0.1) is 0 Å². The van der Waals surface area contributed by atoms with Gasteiger partial charge in [-0.3, -0.25) is 0 Å². The first-order valence-corrected chi connectivity index (χ1v) is 19.9. The first-order valence-electron chi connectivity index (χ1n) is 19.9. The fourth-order valence-electron chi connectivity index (χ4n) is 10.5. The molecule has 0 aliphatic heterocycles. The fraction of sp³-hybridized carbons (Fsp3) is 0.111. The molecule has 2 aromatic heterocycles. The molecule has 2 aliphatic rings. The quantitative estimate of drug-likeness (QED) is 0.172. The molecule has 0 unspecified atom stereocenters. The Kier molecular flexibility index (Phi) is 6.22. The molecule has 0 fully saturated rings. The zero-order chi connectivity index (χ0) is 37.5. The molecule has 0 N–H and O–H groups in total. The Balaban J connectivity index is 1.18. The Morgan fingerprint density at radius 1 is 0.304 bits per heavy atom. The predicted octanol–water partition coefficient (Wildman–Crippen LogP) is 14.2. The molecule has 56 heavy (non-hydrogen) atoms. The largest absolute Gasteiger partial charge is 0.309 e. The van der Waals surface area contributed by atoms with Crippen molar-refractivity contribution < 1.29 is 0 Å². The van der Waals surface area contributed by atoms with Gasteiger partial charge in [0.25, 0.3) is 0 Å². The van der Waals surface area contributed by atoms with Crippen LogP contribution in [0.2, 0.25) is 0 Å². The molecule has 2 heteroatoms. The third-order valence-corrected chi connectivity index (χ3v) is 13.3. The molecule has 2 aliphatic carbocycles. The first-order chi connectivity index (χ1) is 27.3. The molecule has 12 rings (SSSR count). The summed E-state index contributed by atoms with van der Waals surface area (Å²) < 4.78 is 5.03. The van der Waals surface area contributed by atoms with Gasteiger partial charge in [0.1, 0.15) is 0 Å². The highest BCUT2D eigenvalue weighted by Crippen LogP contribution is 2.53. The van der Waals surface area contributed by atoms with Crippen LogP contribution in [0.3, 0.4) is 0 Å². The monoisotopic (exact) mass is 716 g/mol. The zero-order valence-electron chi connectivity index (χ0n) is 32.1. The number of fused-ring (bicyclic) bond motifs is 12. The third-order valence-electron chi connectivity index (χ3n) is 13.3. The van der Waals surface area contributed by atoms with Crippen LogP contribution >= 0.6 is 0 Å². The van der Waals surface area contributed by atoms with Gasteiger partial charge in [0.15, 0.2) is 0 Å². The second-order valence-electron chi connectivity index (χ2n) is 17.0. The van der Waals surface area contributed by atoms with Gasteiger partial charge in [0, 0.05) is 43.7 Å². The van der Waals surface area contributed by atoms with Crippen LogP contribution in [0.25, 0.3) is 88.4 Å². The number of rotatable bonds is 3. The summed E-state index contributed by atoms with van der Waals surface area (Å²) in [5.41, 5.74) is 20.4. The molecule has 0 saturated heterocycles. The van der Waals surface area contributed by atoms with Crippen LogP contribution in [-0.2, 0) is 10.8 Å². The van der Waals surface area contributed by atoms with E-state index in [2.05, 4.69) is 207 Å². The van der Waals surface area contributed by atoms with Gasteiger partial charge in [-0.25, -0.2) is 0 Å². The molecule has 266 valence electrons. The summed E-state index contributed by atoms with van der Waals surface area (Å²) in [5.74, 6) is 0. The Bertz CT molecular complexity index is 3100. The van der Waals surface area contributed by atoms with Crippen LogP contribution in [0.1, 0.15) is 49.9 Å². The van der Waals surface area contributed by atoms with Gasteiger partial charge in [-0.15, -0.1) is 0 Å². The summed E-state index contributed by atoms with van der Waals surface area (Å²) in [6, 6.07) is 63.8. The summed E-state index contributed by atoms with van der Waals surface area (Å²) in [7, 11) is 0. The lowest BCUT2D eigenvalue weighted by molar-refractivity contribution is 0.661. The number of benzene rings is 8. The van der Waals surface area contributed by atoms with Crippen molar-refractivity contribution in [3.63, 3.8) is 0 Å². The van der Waals surface area contributed by atoms with E-state index in [1.165, 1.54) is 99.2 Å². The Hall–Kier alpha value is -6.64. The molecular formula is C54H40N2. The number of hydrogen-bond donors (Lipinski definition) is 0. The topological polar surface area (TPSA) is 9.86 Å². The van der Waals surface area contributed by atoms with E-state index in [1.807, 2.05) is 0 Å². The maximum Gasteiger partial charge on any atom is 0.0547 e. The van der Waals surface area contributed by atoms with Crippen LogP contribution in [0.15, 0.2) is 170 Å². The smallest absolute Gasteiger partial charge is 0.0547 e. The molecule has 0 amide bonds. The number of nitrogens with zero attached hydrogens (tertiary/aromatic N) is 2. The van der Waals surface area contributed by atoms with E-state index in [-0.39, 0.29) is 10.8 Å². The lowest BCUT2D eigenvalue weighted by atomic mass is 9.82. The van der Waals surface area contributed by atoms with Gasteiger partial charge in [-0.1, -0.05) is 143 Å². The second kappa shape index (κ2) is 11.0. The average Bonchev–Trinajstić information content (AvgIpc) is 3.88. The van der Waals surface area contributed by atoms with Gasteiger partial charge in [0.2, 0.25) is 0 Å². The van der Waals surface area contributed by atoms with Gasteiger partial charge in [0.05, 0.1) is 22.1 Å². The van der Waals surface area contributed by atoms with Gasteiger partial charge in [-0.2, -0.15) is 0 Å². The highest BCUT2D eigenvalue weighted by atomic mass is 15.0. The normalized spacial score (nSPS) is 14.7. The minimum absolute atomic E-state index is 0.0733. The number of aromatic nitrogens is 2. The van der Waals surface area contributed by atoms with E-state index in [1.54, 1.807) is 0 Å². The highest BCUT2D eigenvalue weighted by molar-refractivity contribution is 6.13. The molecule has 0 radical (unpaired) electrons. The maximum atomic E-state index is 2.51. The van der Waals surface area contributed by atoms with Gasteiger partial charge < -0.3 is 9.13 Å². The van der Waals surface area contributed by atoms with Crippen molar-refractivity contribution in [1.29, 1.82) is 0 Å². The van der Waals surface area contributed by atoms with E-state index >= 15 is 0 Å². The third kappa shape index (κ3) is 4.11. The molecule has 0 atom stereocenters. The zero-order valence-corrected chi connectivity index (χ0v) is 32.1. The molecule has 0 spiro atoms. The lowest BCUT2D eigenvalue weighted by Gasteiger charge is -2.21. The minimum atomic E-state index is -0.0733. The summed E-state index contributed by atoms with van der Waals surface area (Å²) in [6.45, 7) is 9.50. The van der Waals surface area contributed by atoms with Gasteiger partial charge in [-0.05, 0) is 110 Å². The summed E-state index contributed by atoms with van der Waals surface area (Å²) in [6.07, 6.45) is 0. The van der Waals surface area contributed by atoms with Crippen molar-refractivity contribution in [3.8, 4) is 44.8 Å². The predicted molar refractivity (Wildman–Crippen MR) is 236 cm³/mol. The van der Waals surface area contributed by atoms with Crippen molar-refractivity contribution in [1.82, 2.24) is 9.13 Å². The van der Waals surface area contributed by atoms with Crippen molar-refractivity contribution >= 4 is 43.6 Å². The molecule has 0 saturated carbocycles. The van der Waals surface area contributed by atoms with Crippen LogP contribution in [-0.4, -0.2) is 9.13 Å². The standard InChI is InChI=1S/C54H40N2/c1-53(2)45-22-12-8-18-37(45)41-31-51-43(29-47(41)53)39-20-10-14-24-49(39)55(51)35-26-34(33-16-6-5-7-17-33)27-36(28-35)56-50-25-15-11-21-40(50)44-30-48-42(32-52(44)56)38-19-9-13-23-46(38)54(48,3)4/h5-32H,1-4H3. The minimum Gasteiger partial charge on any atom is -0.309 e. The highest BCUT2D eigenvalue weighted by Gasteiger charge is 2.37.